The molecule has 164 valence electrons. The van der Waals surface area contributed by atoms with Gasteiger partial charge in [0.05, 0.1) is 12.5 Å². The van der Waals surface area contributed by atoms with Crippen molar-refractivity contribution >= 4 is 17.7 Å². The van der Waals surface area contributed by atoms with Crippen LogP contribution < -0.4 is 0 Å². The van der Waals surface area contributed by atoms with E-state index in [2.05, 4.69) is 18.7 Å². The minimum absolute atomic E-state index is 0.116. The van der Waals surface area contributed by atoms with Crippen LogP contribution in [-0.2, 0) is 14.4 Å². The van der Waals surface area contributed by atoms with Gasteiger partial charge in [-0.3, -0.25) is 19.3 Å². The molecule has 0 N–H and O–H groups in total. The van der Waals surface area contributed by atoms with Crippen LogP contribution in [0.3, 0.4) is 0 Å². The first-order valence-corrected chi connectivity index (χ1v) is 11.6. The van der Waals surface area contributed by atoms with Crippen molar-refractivity contribution in [3.8, 4) is 0 Å². The molecule has 1 unspecified atom stereocenters. The van der Waals surface area contributed by atoms with Gasteiger partial charge in [-0.15, -0.1) is 0 Å². The maximum Gasteiger partial charge on any atom is 0.236 e. The third-order valence-electron chi connectivity index (χ3n) is 6.89. The first kappa shape index (κ1) is 22.1. The minimum atomic E-state index is -0.201. The van der Waals surface area contributed by atoms with E-state index in [0.29, 0.717) is 32.6 Å². The predicted octanol–water partition coefficient (Wildman–Crippen LogP) is 1.57. The zero-order chi connectivity index (χ0) is 20.8. The van der Waals surface area contributed by atoms with E-state index in [9.17, 15) is 14.4 Å². The van der Waals surface area contributed by atoms with Crippen molar-refractivity contribution in [1.29, 1.82) is 0 Å². The highest BCUT2D eigenvalue weighted by Crippen LogP contribution is 2.25. The van der Waals surface area contributed by atoms with Crippen molar-refractivity contribution in [3.63, 3.8) is 0 Å². The molecule has 1 atom stereocenters. The molecule has 3 amide bonds. The smallest absolute Gasteiger partial charge is 0.236 e. The van der Waals surface area contributed by atoms with Crippen LogP contribution in [0.4, 0.5) is 0 Å². The van der Waals surface area contributed by atoms with E-state index in [1.807, 2.05) is 14.7 Å². The van der Waals surface area contributed by atoms with Gasteiger partial charge >= 0.3 is 0 Å². The van der Waals surface area contributed by atoms with E-state index in [1.165, 1.54) is 12.8 Å². The predicted molar refractivity (Wildman–Crippen MR) is 112 cm³/mol. The first-order chi connectivity index (χ1) is 14.0. The van der Waals surface area contributed by atoms with Crippen LogP contribution in [-0.4, -0.2) is 95.7 Å². The second-order valence-electron chi connectivity index (χ2n) is 8.81. The maximum absolute atomic E-state index is 13.0. The average molecular weight is 407 g/mol. The van der Waals surface area contributed by atoms with Gasteiger partial charge in [-0.25, -0.2) is 0 Å². The summed E-state index contributed by atoms with van der Waals surface area (Å²) in [6, 6.07) is 0.252. The van der Waals surface area contributed by atoms with Gasteiger partial charge in [0.15, 0.2) is 0 Å². The molecule has 3 heterocycles. The Kier molecular flexibility index (Phi) is 7.92. The Labute approximate surface area is 175 Å². The summed E-state index contributed by atoms with van der Waals surface area (Å²) in [6.07, 6.45) is 6.90. The van der Waals surface area contributed by atoms with Crippen LogP contribution in [0.15, 0.2) is 0 Å². The van der Waals surface area contributed by atoms with Gasteiger partial charge in [-0.05, 0) is 25.7 Å². The van der Waals surface area contributed by atoms with E-state index in [1.54, 1.807) is 0 Å². The average Bonchev–Trinajstić information content (AvgIpc) is 2.94. The molecule has 7 nitrogen and oxygen atoms in total. The van der Waals surface area contributed by atoms with Crippen molar-refractivity contribution in [2.75, 3.05) is 52.4 Å². The molecule has 0 aliphatic carbocycles. The largest absolute Gasteiger partial charge is 0.342 e. The molecule has 0 aromatic rings. The zero-order valence-electron chi connectivity index (χ0n) is 18.3. The zero-order valence-corrected chi connectivity index (χ0v) is 18.3. The standard InChI is InChI=1S/C22H38N4O3/c1-3-19(4-2)26-16-18(15-20(26)27)22(29)25-13-11-23(12-14-25)17-21(28)24-9-7-5-6-8-10-24/h18-19H,3-17H2,1-2H3. The lowest BCUT2D eigenvalue weighted by molar-refractivity contribution is -0.138. The third kappa shape index (κ3) is 5.50. The van der Waals surface area contributed by atoms with E-state index in [0.717, 1.165) is 51.9 Å². The first-order valence-electron chi connectivity index (χ1n) is 11.6. The summed E-state index contributed by atoms with van der Waals surface area (Å²) >= 11 is 0. The molecule has 0 saturated carbocycles. The Balaban J connectivity index is 1.45. The summed E-state index contributed by atoms with van der Waals surface area (Å²) in [5.74, 6) is 0.270. The molecule has 3 aliphatic heterocycles. The normalized spacial score (nSPS) is 24.3. The number of piperazine rings is 1. The summed E-state index contributed by atoms with van der Waals surface area (Å²) in [5.41, 5.74) is 0. The quantitative estimate of drug-likeness (QED) is 0.672. The molecule has 0 aromatic carbocycles. The molecule has 0 radical (unpaired) electrons. The fraction of sp³-hybridized carbons (Fsp3) is 0.864. The number of carbonyl (C=O) groups is 3. The number of hydrogen-bond donors (Lipinski definition) is 0. The summed E-state index contributed by atoms with van der Waals surface area (Å²) in [5, 5.41) is 0. The van der Waals surface area contributed by atoms with Gasteiger partial charge in [0.1, 0.15) is 0 Å². The van der Waals surface area contributed by atoms with E-state index < -0.39 is 0 Å². The van der Waals surface area contributed by atoms with Crippen LogP contribution in [0, 0.1) is 5.92 Å². The molecular weight excluding hydrogens is 368 g/mol. The number of likely N-dealkylation sites (tertiary alicyclic amines) is 2. The van der Waals surface area contributed by atoms with Crippen LogP contribution >= 0.6 is 0 Å². The second kappa shape index (κ2) is 10.4. The lowest BCUT2D eigenvalue weighted by Gasteiger charge is -2.36. The van der Waals surface area contributed by atoms with Gasteiger partial charge in [0.25, 0.3) is 0 Å². The monoisotopic (exact) mass is 406 g/mol. The SMILES string of the molecule is CCC(CC)N1CC(C(=O)N2CCN(CC(=O)N3CCCCCC3)CC2)CC1=O. The molecule has 3 fully saturated rings. The Bertz CT molecular complexity index is 577. The van der Waals surface area contributed by atoms with Crippen LogP contribution in [0.2, 0.25) is 0 Å². The van der Waals surface area contributed by atoms with Gasteiger partial charge in [0, 0.05) is 58.3 Å². The van der Waals surface area contributed by atoms with Gasteiger partial charge in [-0.2, -0.15) is 0 Å². The molecule has 29 heavy (non-hydrogen) atoms. The molecule has 0 bridgehead atoms. The van der Waals surface area contributed by atoms with Crippen LogP contribution in [0.1, 0.15) is 58.8 Å². The van der Waals surface area contributed by atoms with Crippen LogP contribution in [0.25, 0.3) is 0 Å². The van der Waals surface area contributed by atoms with E-state index in [-0.39, 0.29) is 29.7 Å². The Morgan fingerprint density at radius 2 is 1.52 bits per heavy atom. The highest BCUT2D eigenvalue weighted by atomic mass is 16.2. The summed E-state index contributed by atoms with van der Waals surface area (Å²) in [7, 11) is 0. The van der Waals surface area contributed by atoms with Crippen molar-refractivity contribution in [1.82, 2.24) is 19.6 Å². The molecule has 3 aliphatic rings. The summed E-state index contributed by atoms with van der Waals surface area (Å²) < 4.78 is 0. The van der Waals surface area contributed by atoms with Crippen molar-refractivity contribution in [2.24, 2.45) is 5.92 Å². The summed E-state index contributed by atoms with van der Waals surface area (Å²) in [6.45, 7) is 9.80. The Hall–Kier alpha value is -1.63. The van der Waals surface area contributed by atoms with Gasteiger partial charge < -0.3 is 14.7 Å². The maximum atomic E-state index is 13.0. The molecule has 7 heteroatoms. The number of nitrogens with zero attached hydrogens (tertiary/aromatic N) is 4. The second-order valence-corrected chi connectivity index (χ2v) is 8.81. The summed E-state index contributed by atoms with van der Waals surface area (Å²) in [4.78, 5) is 45.9. The molecular formula is C22H38N4O3. The van der Waals surface area contributed by atoms with Crippen molar-refractivity contribution in [2.45, 2.75) is 64.8 Å². The number of rotatable bonds is 6. The van der Waals surface area contributed by atoms with E-state index >= 15 is 0 Å². The molecule has 0 aromatic heterocycles. The minimum Gasteiger partial charge on any atom is -0.342 e. The van der Waals surface area contributed by atoms with Crippen LogP contribution in [0.5, 0.6) is 0 Å². The molecule has 3 saturated heterocycles. The number of carbonyl (C=O) groups excluding carboxylic acids is 3. The highest BCUT2D eigenvalue weighted by Gasteiger charge is 2.39. The van der Waals surface area contributed by atoms with Crippen molar-refractivity contribution < 1.29 is 14.4 Å². The number of hydrogen-bond acceptors (Lipinski definition) is 4. The fourth-order valence-electron chi connectivity index (χ4n) is 4.98. The highest BCUT2D eigenvalue weighted by molar-refractivity contribution is 5.89. The third-order valence-corrected chi connectivity index (χ3v) is 6.89. The Morgan fingerprint density at radius 1 is 0.897 bits per heavy atom. The Morgan fingerprint density at radius 3 is 2.10 bits per heavy atom. The lowest BCUT2D eigenvalue weighted by atomic mass is 10.1. The molecule has 0 spiro atoms. The van der Waals surface area contributed by atoms with Gasteiger partial charge in [0.2, 0.25) is 17.7 Å². The topological polar surface area (TPSA) is 64.2 Å². The lowest BCUT2D eigenvalue weighted by Crippen LogP contribution is -2.53. The van der Waals surface area contributed by atoms with E-state index in [4.69, 9.17) is 0 Å². The van der Waals surface area contributed by atoms with Gasteiger partial charge in [-0.1, -0.05) is 26.7 Å². The van der Waals surface area contributed by atoms with Crippen molar-refractivity contribution in [3.05, 3.63) is 0 Å². The molecule has 3 rings (SSSR count). The number of amides is 3. The fourth-order valence-corrected chi connectivity index (χ4v) is 4.98.